The van der Waals surface area contributed by atoms with Crippen LogP contribution in [0.5, 0.6) is 0 Å². The lowest BCUT2D eigenvalue weighted by molar-refractivity contribution is -0.129. The zero-order valence-corrected chi connectivity index (χ0v) is 15.9. The molecule has 1 fully saturated rings. The van der Waals surface area contributed by atoms with E-state index in [2.05, 4.69) is 24.4 Å². The maximum atomic E-state index is 12.9. The van der Waals surface area contributed by atoms with Crippen molar-refractivity contribution in [3.05, 3.63) is 77.4 Å². The van der Waals surface area contributed by atoms with Gasteiger partial charge in [0.2, 0.25) is 5.91 Å². The Morgan fingerprint density at radius 2 is 1.78 bits per heavy atom. The van der Waals surface area contributed by atoms with Crippen LogP contribution in [0.15, 0.2) is 60.7 Å². The summed E-state index contributed by atoms with van der Waals surface area (Å²) in [4.78, 5) is 26.5. The molecule has 4 heteroatoms. The molecular formula is C23H26N2O2. The first-order valence-corrected chi connectivity index (χ1v) is 9.43. The molecule has 0 radical (unpaired) electrons. The van der Waals surface area contributed by atoms with Gasteiger partial charge in [-0.3, -0.25) is 9.59 Å². The normalized spacial score (nSPS) is 14.7. The molecule has 1 saturated carbocycles. The Labute approximate surface area is 160 Å². The molecule has 0 saturated heterocycles. The van der Waals surface area contributed by atoms with Crippen LogP contribution in [0.4, 0.5) is 0 Å². The summed E-state index contributed by atoms with van der Waals surface area (Å²) in [5.74, 6) is 0.514. The van der Waals surface area contributed by atoms with Crippen molar-refractivity contribution < 1.29 is 9.59 Å². The van der Waals surface area contributed by atoms with Gasteiger partial charge in [0, 0.05) is 31.3 Å². The summed E-state index contributed by atoms with van der Waals surface area (Å²) in [6, 6.07) is 17.6. The third-order valence-corrected chi connectivity index (χ3v) is 5.09. The van der Waals surface area contributed by atoms with Crippen LogP contribution < -0.4 is 5.32 Å². The van der Waals surface area contributed by atoms with Gasteiger partial charge in [0.05, 0.1) is 0 Å². The topological polar surface area (TPSA) is 49.4 Å². The van der Waals surface area contributed by atoms with Gasteiger partial charge < -0.3 is 10.2 Å². The van der Waals surface area contributed by atoms with Crippen molar-refractivity contribution in [3.8, 4) is 0 Å². The summed E-state index contributed by atoms with van der Waals surface area (Å²) in [7, 11) is 1.61. The summed E-state index contributed by atoms with van der Waals surface area (Å²) < 4.78 is 0. The average molecular weight is 362 g/mol. The molecule has 1 unspecified atom stereocenters. The van der Waals surface area contributed by atoms with E-state index in [4.69, 9.17) is 0 Å². The summed E-state index contributed by atoms with van der Waals surface area (Å²) in [5, 5.41) is 2.60. The lowest BCUT2D eigenvalue weighted by Crippen LogP contribution is -2.38. The van der Waals surface area contributed by atoms with Crippen molar-refractivity contribution in [2.45, 2.75) is 32.4 Å². The molecule has 0 spiro atoms. The van der Waals surface area contributed by atoms with E-state index in [0.29, 0.717) is 18.0 Å². The number of benzene rings is 2. The number of carbonyl (C=O) groups excluding carboxylic acids is 2. The summed E-state index contributed by atoms with van der Waals surface area (Å²) >= 11 is 0. The molecule has 2 aromatic carbocycles. The van der Waals surface area contributed by atoms with E-state index in [1.807, 2.05) is 41.3 Å². The summed E-state index contributed by atoms with van der Waals surface area (Å²) in [6.07, 6.45) is 5.85. The van der Waals surface area contributed by atoms with Gasteiger partial charge in [0.15, 0.2) is 0 Å². The molecule has 2 aromatic rings. The van der Waals surface area contributed by atoms with E-state index in [1.165, 1.54) is 12.8 Å². The van der Waals surface area contributed by atoms with Gasteiger partial charge in [0.25, 0.3) is 5.91 Å². The van der Waals surface area contributed by atoms with Crippen LogP contribution in [0.2, 0.25) is 0 Å². The average Bonchev–Trinajstić information content (AvgIpc) is 3.55. The molecule has 1 aliphatic rings. The highest BCUT2D eigenvalue weighted by atomic mass is 16.2. The van der Waals surface area contributed by atoms with Crippen LogP contribution in [0.3, 0.4) is 0 Å². The molecule has 0 heterocycles. The number of nitrogens with one attached hydrogen (secondary N) is 1. The molecule has 1 N–H and O–H groups in total. The van der Waals surface area contributed by atoms with Crippen molar-refractivity contribution in [2.24, 2.45) is 5.92 Å². The van der Waals surface area contributed by atoms with E-state index in [1.54, 1.807) is 25.3 Å². The lowest BCUT2D eigenvalue weighted by atomic mass is 10.1. The number of hydrogen-bond donors (Lipinski definition) is 1. The fourth-order valence-corrected chi connectivity index (χ4v) is 3.19. The number of carbonyl (C=O) groups is 2. The van der Waals surface area contributed by atoms with Gasteiger partial charge in [-0.05, 0) is 55.0 Å². The standard InChI is InChI=1S/C23H26N2O2/c1-17(20-13-14-20)25(16-19-6-4-3-5-7-19)22(26)15-10-18-8-11-21(12-9-18)23(27)24-2/h3-12,15,17,20H,13-14,16H2,1-2H3,(H,24,27)/b15-10+. The molecule has 3 rings (SSSR count). The number of nitrogens with zero attached hydrogens (tertiary/aromatic N) is 1. The van der Waals surface area contributed by atoms with Crippen LogP contribution in [0.1, 0.15) is 41.3 Å². The highest BCUT2D eigenvalue weighted by Gasteiger charge is 2.33. The SMILES string of the molecule is CNC(=O)c1ccc(/C=C/C(=O)N(Cc2ccccc2)C(C)C2CC2)cc1. The first kappa shape index (κ1) is 18.9. The third-order valence-electron chi connectivity index (χ3n) is 5.09. The van der Waals surface area contributed by atoms with Crippen LogP contribution in [-0.2, 0) is 11.3 Å². The molecule has 1 atom stereocenters. The molecule has 0 bridgehead atoms. The third kappa shape index (κ3) is 5.07. The zero-order valence-electron chi connectivity index (χ0n) is 15.9. The van der Waals surface area contributed by atoms with Crippen LogP contribution in [-0.4, -0.2) is 29.8 Å². The molecule has 27 heavy (non-hydrogen) atoms. The Morgan fingerprint density at radius 1 is 1.11 bits per heavy atom. The molecule has 140 valence electrons. The minimum absolute atomic E-state index is 0.0219. The predicted octanol–water partition coefficient (Wildman–Crippen LogP) is 3.89. The number of hydrogen-bond acceptors (Lipinski definition) is 2. The van der Waals surface area contributed by atoms with Gasteiger partial charge >= 0.3 is 0 Å². The Hall–Kier alpha value is -2.88. The van der Waals surface area contributed by atoms with Crippen molar-refractivity contribution in [1.29, 1.82) is 0 Å². The first-order chi connectivity index (χ1) is 13.1. The van der Waals surface area contributed by atoms with E-state index in [0.717, 1.165) is 11.1 Å². The second-order valence-corrected chi connectivity index (χ2v) is 7.06. The Morgan fingerprint density at radius 3 is 2.37 bits per heavy atom. The van der Waals surface area contributed by atoms with Gasteiger partial charge in [-0.1, -0.05) is 42.5 Å². The molecule has 0 aromatic heterocycles. The van der Waals surface area contributed by atoms with Gasteiger partial charge in [0.1, 0.15) is 0 Å². The molecule has 0 aliphatic heterocycles. The van der Waals surface area contributed by atoms with Crippen molar-refractivity contribution in [1.82, 2.24) is 10.2 Å². The molecule has 2 amide bonds. The molecule has 1 aliphatic carbocycles. The maximum Gasteiger partial charge on any atom is 0.251 e. The van der Waals surface area contributed by atoms with Gasteiger partial charge in [-0.15, -0.1) is 0 Å². The minimum Gasteiger partial charge on any atom is -0.355 e. The van der Waals surface area contributed by atoms with Gasteiger partial charge in [-0.2, -0.15) is 0 Å². The van der Waals surface area contributed by atoms with E-state index in [9.17, 15) is 9.59 Å². The Balaban J connectivity index is 1.71. The number of amides is 2. The second-order valence-electron chi connectivity index (χ2n) is 7.06. The minimum atomic E-state index is -0.117. The second kappa shape index (κ2) is 8.67. The van der Waals surface area contributed by atoms with Crippen molar-refractivity contribution in [3.63, 3.8) is 0 Å². The maximum absolute atomic E-state index is 12.9. The molecule has 4 nitrogen and oxygen atoms in total. The van der Waals surface area contributed by atoms with Crippen LogP contribution in [0, 0.1) is 5.92 Å². The van der Waals surface area contributed by atoms with E-state index >= 15 is 0 Å². The molecular weight excluding hydrogens is 336 g/mol. The van der Waals surface area contributed by atoms with Crippen LogP contribution in [0.25, 0.3) is 6.08 Å². The lowest BCUT2D eigenvalue weighted by Gasteiger charge is -2.28. The quantitative estimate of drug-likeness (QED) is 0.760. The Bertz CT molecular complexity index is 808. The monoisotopic (exact) mass is 362 g/mol. The highest BCUT2D eigenvalue weighted by Crippen LogP contribution is 2.35. The fraction of sp³-hybridized carbons (Fsp3) is 0.304. The van der Waals surface area contributed by atoms with E-state index in [-0.39, 0.29) is 17.9 Å². The summed E-state index contributed by atoms with van der Waals surface area (Å²) in [5.41, 5.74) is 2.64. The number of rotatable bonds is 7. The largest absolute Gasteiger partial charge is 0.355 e. The zero-order chi connectivity index (χ0) is 19.2. The smallest absolute Gasteiger partial charge is 0.251 e. The van der Waals surface area contributed by atoms with E-state index < -0.39 is 0 Å². The fourth-order valence-electron chi connectivity index (χ4n) is 3.19. The summed E-state index contributed by atoms with van der Waals surface area (Å²) in [6.45, 7) is 2.77. The Kier molecular flexibility index (Phi) is 6.07. The van der Waals surface area contributed by atoms with Crippen molar-refractivity contribution in [2.75, 3.05) is 7.05 Å². The van der Waals surface area contributed by atoms with Crippen molar-refractivity contribution >= 4 is 17.9 Å². The highest BCUT2D eigenvalue weighted by molar-refractivity contribution is 5.95. The first-order valence-electron chi connectivity index (χ1n) is 9.43. The predicted molar refractivity (Wildman–Crippen MR) is 108 cm³/mol. The van der Waals surface area contributed by atoms with Crippen LogP contribution >= 0.6 is 0 Å². The van der Waals surface area contributed by atoms with Gasteiger partial charge in [-0.25, -0.2) is 0 Å².